The molecule has 112 valence electrons. The van der Waals surface area contributed by atoms with Crippen LogP contribution >= 0.6 is 0 Å². The topological polar surface area (TPSA) is 57.5 Å². The largest absolute Gasteiger partial charge is 0.507 e. The number of hydrogen-bond acceptors (Lipinski definition) is 2. The van der Waals surface area contributed by atoms with Crippen LogP contribution in [0.15, 0.2) is 55.1 Å². The monoisotopic (exact) mass is 294 g/mol. The van der Waals surface area contributed by atoms with Crippen LogP contribution in [0.2, 0.25) is 0 Å². The van der Waals surface area contributed by atoms with Crippen molar-refractivity contribution in [2.75, 3.05) is 0 Å². The van der Waals surface area contributed by atoms with Crippen LogP contribution in [0.3, 0.4) is 0 Å². The van der Waals surface area contributed by atoms with Gasteiger partial charge in [0.1, 0.15) is 5.75 Å². The minimum absolute atomic E-state index is 0.265. The lowest BCUT2D eigenvalue weighted by molar-refractivity contribution is -0.131. The minimum Gasteiger partial charge on any atom is -0.507 e. The third kappa shape index (κ3) is 3.64. The van der Waals surface area contributed by atoms with E-state index in [1.165, 1.54) is 6.08 Å². The summed E-state index contributed by atoms with van der Waals surface area (Å²) in [4.78, 5) is 10.5. The molecule has 0 heterocycles. The highest BCUT2D eigenvalue weighted by Gasteiger charge is 2.09. The number of aliphatic carboxylic acids is 1. The van der Waals surface area contributed by atoms with E-state index in [0.29, 0.717) is 0 Å². The SMILES string of the molecule is C=CCc1cc(C)c(O)c(-c2ccc(/C=C/C(=O)O)cc2)c1. The fourth-order valence-electron chi connectivity index (χ4n) is 2.30. The summed E-state index contributed by atoms with van der Waals surface area (Å²) in [5.74, 6) is -0.712. The highest BCUT2D eigenvalue weighted by Crippen LogP contribution is 2.33. The van der Waals surface area contributed by atoms with Gasteiger partial charge in [0.05, 0.1) is 0 Å². The minimum atomic E-state index is -0.977. The van der Waals surface area contributed by atoms with Crippen molar-refractivity contribution in [2.24, 2.45) is 0 Å². The van der Waals surface area contributed by atoms with Crippen molar-refractivity contribution in [2.45, 2.75) is 13.3 Å². The van der Waals surface area contributed by atoms with Crippen molar-refractivity contribution >= 4 is 12.0 Å². The van der Waals surface area contributed by atoms with Gasteiger partial charge in [0.2, 0.25) is 0 Å². The van der Waals surface area contributed by atoms with Gasteiger partial charge in [0, 0.05) is 11.6 Å². The van der Waals surface area contributed by atoms with E-state index in [9.17, 15) is 9.90 Å². The molecular weight excluding hydrogens is 276 g/mol. The molecule has 0 unspecified atom stereocenters. The molecule has 0 aliphatic heterocycles. The van der Waals surface area contributed by atoms with Gasteiger partial charge in [0.25, 0.3) is 0 Å². The average molecular weight is 294 g/mol. The van der Waals surface area contributed by atoms with Gasteiger partial charge in [-0.3, -0.25) is 0 Å². The third-order valence-corrected chi connectivity index (χ3v) is 3.38. The van der Waals surface area contributed by atoms with E-state index >= 15 is 0 Å². The summed E-state index contributed by atoms with van der Waals surface area (Å²) >= 11 is 0. The second-order valence-corrected chi connectivity index (χ2v) is 5.10. The summed E-state index contributed by atoms with van der Waals surface area (Å²) in [5.41, 5.74) is 4.37. The molecule has 0 aliphatic rings. The summed E-state index contributed by atoms with van der Waals surface area (Å²) in [6, 6.07) is 11.3. The molecule has 3 heteroatoms. The lowest BCUT2D eigenvalue weighted by Gasteiger charge is -2.10. The maximum Gasteiger partial charge on any atom is 0.328 e. The fourth-order valence-corrected chi connectivity index (χ4v) is 2.30. The number of allylic oxidation sites excluding steroid dienone is 1. The number of aromatic hydroxyl groups is 1. The lowest BCUT2D eigenvalue weighted by Crippen LogP contribution is -1.89. The summed E-state index contributed by atoms with van der Waals surface area (Å²) in [5, 5.41) is 18.9. The maximum atomic E-state index is 10.5. The number of aryl methyl sites for hydroxylation is 1. The van der Waals surface area contributed by atoms with Crippen LogP contribution in [0, 0.1) is 6.92 Å². The van der Waals surface area contributed by atoms with Crippen molar-refractivity contribution in [3.05, 3.63) is 71.8 Å². The van der Waals surface area contributed by atoms with Crippen LogP contribution in [-0.2, 0) is 11.2 Å². The average Bonchev–Trinajstić information content (AvgIpc) is 2.49. The molecule has 0 atom stereocenters. The van der Waals surface area contributed by atoms with Gasteiger partial charge in [-0.1, -0.05) is 36.4 Å². The van der Waals surface area contributed by atoms with Crippen molar-refractivity contribution in [1.82, 2.24) is 0 Å². The molecule has 2 N–H and O–H groups in total. The first-order valence-electron chi connectivity index (χ1n) is 6.96. The number of carboxylic acids is 1. The number of phenolic OH excluding ortho intramolecular Hbond substituents is 1. The normalized spacial score (nSPS) is 10.8. The lowest BCUT2D eigenvalue weighted by atomic mass is 9.96. The molecular formula is C19H18O3. The van der Waals surface area contributed by atoms with Gasteiger partial charge >= 0.3 is 5.97 Å². The summed E-state index contributed by atoms with van der Waals surface area (Å²) in [6.07, 6.45) is 5.20. The predicted molar refractivity (Wildman–Crippen MR) is 88.9 cm³/mol. The molecule has 0 fully saturated rings. The smallest absolute Gasteiger partial charge is 0.328 e. The number of hydrogen-bond donors (Lipinski definition) is 2. The van der Waals surface area contributed by atoms with E-state index < -0.39 is 5.97 Å². The van der Waals surface area contributed by atoms with E-state index in [0.717, 1.165) is 40.3 Å². The van der Waals surface area contributed by atoms with Crippen molar-refractivity contribution in [3.8, 4) is 16.9 Å². The molecule has 3 nitrogen and oxygen atoms in total. The number of phenols is 1. The Morgan fingerprint density at radius 2 is 1.91 bits per heavy atom. The first kappa shape index (κ1) is 15.6. The van der Waals surface area contributed by atoms with E-state index in [1.807, 2.05) is 49.4 Å². The highest BCUT2D eigenvalue weighted by atomic mass is 16.4. The van der Waals surface area contributed by atoms with Gasteiger partial charge in [-0.05, 0) is 47.7 Å². The Morgan fingerprint density at radius 1 is 1.23 bits per heavy atom. The first-order valence-corrected chi connectivity index (χ1v) is 6.96. The molecule has 0 spiro atoms. The van der Waals surface area contributed by atoms with E-state index in [2.05, 4.69) is 6.58 Å². The van der Waals surface area contributed by atoms with E-state index in [4.69, 9.17) is 5.11 Å². The number of carboxylic acid groups (broad SMARTS) is 1. The van der Waals surface area contributed by atoms with Crippen molar-refractivity contribution in [1.29, 1.82) is 0 Å². The molecule has 0 bridgehead atoms. The number of benzene rings is 2. The van der Waals surface area contributed by atoms with Crippen LogP contribution in [-0.4, -0.2) is 16.2 Å². The first-order chi connectivity index (χ1) is 10.5. The Balaban J connectivity index is 2.39. The maximum absolute atomic E-state index is 10.5. The van der Waals surface area contributed by atoms with Crippen LogP contribution in [0.4, 0.5) is 0 Å². The Bertz CT molecular complexity index is 725. The van der Waals surface area contributed by atoms with Gasteiger partial charge in [-0.25, -0.2) is 4.79 Å². The van der Waals surface area contributed by atoms with Gasteiger partial charge in [-0.2, -0.15) is 0 Å². The predicted octanol–water partition coefficient (Wildman–Crippen LogP) is 4.19. The molecule has 0 saturated heterocycles. The fraction of sp³-hybridized carbons (Fsp3) is 0.105. The van der Waals surface area contributed by atoms with Gasteiger partial charge in [-0.15, -0.1) is 6.58 Å². The molecule has 0 aliphatic carbocycles. The quantitative estimate of drug-likeness (QED) is 0.642. The van der Waals surface area contributed by atoms with Crippen LogP contribution in [0.25, 0.3) is 17.2 Å². The summed E-state index contributed by atoms with van der Waals surface area (Å²) < 4.78 is 0. The van der Waals surface area contributed by atoms with E-state index in [-0.39, 0.29) is 5.75 Å². The van der Waals surface area contributed by atoms with Crippen molar-refractivity contribution in [3.63, 3.8) is 0 Å². The summed E-state index contributed by atoms with van der Waals surface area (Å²) in [7, 11) is 0. The molecule has 0 radical (unpaired) electrons. The highest BCUT2D eigenvalue weighted by molar-refractivity contribution is 5.85. The molecule has 0 saturated carbocycles. The Labute approximate surface area is 129 Å². The van der Waals surface area contributed by atoms with Crippen LogP contribution in [0.1, 0.15) is 16.7 Å². The second-order valence-electron chi connectivity index (χ2n) is 5.10. The molecule has 2 aromatic rings. The third-order valence-electron chi connectivity index (χ3n) is 3.38. The number of carbonyl (C=O) groups is 1. The molecule has 0 aromatic heterocycles. The molecule has 0 amide bonds. The standard InChI is InChI=1S/C19H18O3/c1-3-4-15-11-13(2)19(22)17(12-15)16-8-5-14(6-9-16)7-10-18(20)21/h3,5-12,22H,1,4H2,2H3,(H,20,21)/b10-7+. The summed E-state index contributed by atoms with van der Waals surface area (Å²) in [6.45, 7) is 5.61. The number of rotatable bonds is 5. The van der Waals surface area contributed by atoms with Crippen LogP contribution < -0.4 is 0 Å². The zero-order valence-electron chi connectivity index (χ0n) is 12.4. The zero-order valence-corrected chi connectivity index (χ0v) is 12.4. The van der Waals surface area contributed by atoms with Crippen LogP contribution in [0.5, 0.6) is 5.75 Å². The molecule has 2 rings (SSSR count). The van der Waals surface area contributed by atoms with Gasteiger partial charge < -0.3 is 10.2 Å². The molecule has 22 heavy (non-hydrogen) atoms. The van der Waals surface area contributed by atoms with Crippen molar-refractivity contribution < 1.29 is 15.0 Å². The second kappa shape index (κ2) is 6.76. The Hall–Kier alpha value is -2.81. The van der Waals surface area contributed by atoms with E-state index in [1.54, 1.807) is 0 Å². The Kier molecular flexibility index (Phi) is 4.79. The zero-order chi connectivity index (χ0) is 16.1. The molecule has 2 aromatic carbocycles. The Morgan fingerprint density at radius 3 is 2.50 bits per heavy atom. The van der Waals surface area contributed by atoms with Gasteiger partial charge in [0.15, 0.2) is 0 Å².